The third kappa shape index (κ3) is 6.87. The maximum atomic E-state index is 12.4. The fourth-order valence-electron chi connectivity index (χ4n) is 2.50. The van der Waals surface area contributed by atoms with Crippen molar-refractivity contribution in [2.45, 2.75) is 25.9 Å². The molecule has 1 aliphatic rings. The van der Waals surface area contributed by atoms with Crippen molar-refractivity contribution in [3.8, 4) is 5.88 Å². The van der Waals surface area contributed by atoms with E-state index in [2.05, 4.69) is 27.1 Å². The van der Waals surface area contributed by atoms with Gasteiger partial charge in [-0.15, -0.1) is 24.0 Å². The summed E-state index contributed by atoms with van der Waals surface area (Å²) in [6.45, 7) is 4.99. The fraction of sp³-hybridized carbons (Fsp3) is 0.625. The van der Waals surface area contributed by atoms with Gasteiger partial charge in [-0.1, -0.05) is 6.92 Å². The molecule has 142 valence electrons. The highest BCUT2D eigenvalue weighted by Crippen LogP contribution is 2.29. The van der Waals surface area contributed by atoms with Gasteiger partial charge in [0.2, 0.25) is 5.88 Å². The molecule has 1 aromatic heterocycles. The lowest BCUT2D eigenvalue weighted by Crippen LogP contribution is -2.46. The first-order valence-electron chi connectivity index (χ1n) is 8.02. The molecule has 2 rings (SSSR count). The normalized spacial score (nSPS) is 16.4. The first-order chi connectivity index (χ1) is 11.4. The van der Waals surface area contributed by atoms with E-state index in [4.69, 9.17) is 4.74 Å². The summed E-state index contributed by atoms with van der Waals surface area (Å²) in [5.41, 5.74) is -0.785. The minimum Gasteiger partial charge on any atom is -0.476 e. The average molecular weight is 472 g/mol. The van der Waals surface area contributed by atoms with Crippen LogP contribution in [0.1, 0.15) is 25.3 Å². The minimum absolute atomic E-state index is 0. The molecule has 0 radical (unpaired) electrons. The minimum atomic E-state index is -4.38. The predicted octanol–water partition coefficient (Wildman–Crippen LogP) is 3.40. The second-order valence-electron chi connectivity index (χ2n) is 5.87. The molecule has 0 unspecified atom stereocenters. The number of nitrogens with one attached hydrogen (secondary N) is 1. The van der Waals surface area contributed by atoms with E-state index in [0.717, 1.165) is 50.1 Å². The molecule has 1 N–H and O–H groups in total. The number of hydrogen-bond acceptors (Lipinski definition) is 3. The number of nitrogens with zero attached hydrogens (tertiary/aromatic N) is 3. The molecule has 0 saturated carbocycles. The summed E-state index contributed by atoms with van der Waals surface area (Å²) in [5, 5.41) is 3.20. The molecule has 0 aliphatic carbocycles. The van der Waals surface area contributed by atoms with Gasteiger partial charge in [0.05, 0.1) is 12.1 Å². The van der Waals surface area contributed by atoms with E-state index in [1.165, 1.54) is 6.07 Å². The van der Waals surface area contributed by atoms with E-state index in [1.807, 2.05) is 0 Å². The Bertz CT molecular complexity index is 543. The van der Waals surface area contributed by atoms with Gasteiger partial charge in [-0.2, -0.15) is 13.2 Å². The molecular weight excluding hydrogens is 448 g/mol. The van der Waals surface area contributed by atoms with E-state index < -0.39 is 11.7 Å². The summed E-state index contributed by atoms with van der Waals surface area (Å²) >= 11 is 0. The number of hydrogen-bond donors (Lipinski definition) is 1. The van der Waals surface area contributed by atoms with Gasteiger partial charge in [-0.05, 0) is 24.8 Å². The SMILES string of the molecule is CN=C(NCCOc1ccc(C(F)(F)F)cn1)N1CCC(C)CC1.I. The van der Waals surface area contributed by atoms with Crippen molar-refractivity contribution >= 4 is 29.9 Å². The molecule has 1 saturated heterocycles. The number of aromatic nitrogens is 1. The fourth-order valence-corrected chi connectivity index (χ4v) is 2.50. The quantitative estimate of drug-likeness (QED) is 0.316. The highest BCUT2D eigenvalue weighted by Gasteiger charge is 2.30. The molecule has 1 aromatic rings. The van der Waals surface area contributed by atoms with Gasteiger partial charge in [0.1, 0.15) is 6.61 Å². The van der Waals surface area contributed by atoms with Gasteiger partial charge >= 0.3 is 6.18 Å². The second-order valence-corrected chi connectivity index (χ2v) is 5.87. The molecular formula is C16H24F3IN4O. The number of aliphatic imine (C=N–C) groups is 1. The maximum absolute atomic E-state index is 12.4. The third-order valence-electron chi connectivity index (χ3n) is 3.99. The molecule has 1 fully saturated rings. The zero-order valence-corrected chi connectivity index (χ0v) is 16.7. The molecule has 0 spiro atoms. The predicted molar refractivity (Wildman–Crippen MR) is 101 cm³/mol. The number of guanidine groups is 1. The third-order valence-corrected chi connectivity index (χ3v) is 3.99. The Hall–Kier alpha value is -1.26. The van der Waals surface area contributed by atoms with Crippen LogP contribution in [0.3, 0.4) is 0 Å². The maximum Gasteiger partial charge on any atom is 0.417 e. The Balaban J connectivity index is 0.00000312. The molecule has 1 aliphatic heterocycles. The van der Waals surface area contributed by atoms with Crippen molar-refractivity contribution in [2.24, 2.45) is 10.9 Å². The molecule has 25 heavy (non-hydrogen) atoms. The number of alkyl halides is 3. The lowest BCUT2D eigenvalue weighted by atomic mass is 10.00. The number of rotatable bonds is 4. The van der Waals surface area contributed by atoms with Crippen LogP contribution in [-0.2, 0) is 6.18 Å². The number of halogens is 4. The Kier molecular flexibility index (Phi) is 8.74. The summed E-state index contributed by atoms with van der Waals surface area (Å²) < 4.78 is 42.7. The van der Waals surface area contributed by atoms with Crippen LogP contribution < -0.4 is 10.1 Å². The monoisotopic (exact) mass is 472 g/mol. The summed E-state index contributed by atoms with van der Waals surface area (Å²) in [6.07, 6.45) is -1.32. The van der Waals surface area contributed by atoms with Crippen LogP contribution in [0.15, 0.2) is 23.3 Å². The zero-order valence-electron chi connectivity index (χ0n) is 14.3. The van der Waals surface area contributed by atoms with Gasteiger partial charge in [0.25, 0.3) is 0 Å². The van der Waals surface area contributed by atoms with Crippen LogP contribution in [0.4, 0.5) is 13.2 Å². The Morgan fingerprint density at radius 1 is 1.36 bits per heavy atom. The molecule has 9 heteroatoms. The molecule has 5 nitrogen and oxygen atoms in total. The van der Waals surface area contributed by atoms with E-state index in [9.17, 15) is 13.2 Å². The van der Waals surface area contributed by atoms with Crippen molar-refractivity contribution in [3.63, 3.8) is 0 Å². The van der Waals surface area contributed by atoms with Gasteiger partial charge in [0, 0.05) is 32.4 Å². The van der Waals surface area contributed by atoms with Crippen molar-refractivity contribution in [1.29, 1.82) is 0 Å². The Labute approximate surface area is 163 Å². The largest absolute Gasteiger partial charge is 0.476 e. The van der Waals surface area contributed by atoms with Crippen LogP contribution in [0.5, 0.6) is 5.88 Å². The molecule has 0 atom stereocenters. The van der Waals surface area contributed by atoms with Crippen LogP contribution >= 0.6 is 24.0 Å². The van der Waals surface area contributed by atoms with Gasteiger partial charge < -0.3 is 15.0 Å². The topological polar surface area (TPSA) is 49.8 Å². The van der Waals surface area contributed by atoms with Crippen LogP contribution in [0, 0.1) is 5.92 Å². The van der Waals surface area contributed by atoms with Crippen molar-refractivity contribution in [2.75, 3.05) is 33.3 Å². The molecule has 0 amide bonds. The summed E-state index contributed by atoms with van der Waals surface area (Å²) in [5.74, 6) is 1.74. The first-order valence-corrected chi connectivity index (χ1v) is 8.02. The summed E-state index contributed by atoms with van der Waals surface area (Å²) in [4.78, 5) is 10.1. The molecule has 0 bridgehead atoms. The van der Waals surface area contributed by atoms with Crippen molar-refractivity contribution in [1.82, 2.24) is 15.2 Å². The Morgan fingerprint density at radius 2 is 2.04 bits per heavy atom. The van der Waals surface area contributed by atoms with E-state index in [-0.39, 0.29) is 29.9 Å². The smallest absolute Gasteiger partial charge is 0.417 e. The second kappa shape index (κ2) is 10.0. The van der Waals surface area contributed by atoms with Crippen molar-refractivity contribution in [3.05, 3.63) is 23.9 Å². The van der Waals surface area contributed by atoms with Gasteiger partial charge in [0.15, 0.2) is 5.96 Å². The lowest BCUT2D eigenvalue weighted by Gasteiger charge is -2.32. The van der Waals surface area contributed by atoms with E-state index >= 15 is 0 Å². The number of pyridine rings is 1. The van der Waals surface area contributed by atoms with E-state index in [0.29, 0.717) is 13.2 Å². The summed E-state index contributed by atoms with van der Waals surface area (Å²) in [7, 11) is 1.73. The zero-order chi connectivity index (χ0) is 17.6. The standard InChI is InChI=1S/C16H23F3N4O.HI/c1-12-5-8-23(9-6-12)15(20-2)21-7-10-24-14-4-3-13(11-22-14)16(17,18)19;/h3-4,11-12H,5-10H2,1-2H3,(H,20,21);1H. The average Bonchev–Trinajstić information content (AvgIpc) is 2.56. The number of piperidine rings is 1. The Morgan fingerprint density at radius 3 is 2.56 bits per heavy atom. The van der Waals surface area contributed by atoms with Crippen LogP contribution in [0.2, 0.25) is 0 Å². The van der Waals surface area contributed by atoms with Crippen molar-refractivity contribution < 1.29 is 17.9 Å². The number of ether oxygens (including phenoxy) is 1. The van der Waals surface area contributed by atoms with E-state index in [1.54, 1.807) is 7.05 Å². The highest BCUT2D eigenvalue weighted by atomic mass is 127. The number of likely N-dealkylation sites (tertiary alicyclic amines) is 1. The first kappa shape index (κ1) is 21.8. The lowest BCUT2D eigenvalue weighted by molar-refractivity contribution is -0.137. The van der Waals surface area contributed by atoms with Gasteiger partial charge in [-0.3, -0.25) is 4.99 Å². The van der Waals surface area contributed by atoms with Crippen LogP contribution in [-0.4, -0.2) is 49.1 Å². The summed E-state index contributed by atoms with van der Waals surface area (Å²) in [6, 6.07) is 2.19. The van der Waals surface area contributed by atoms with Gasteiger partial charge in [-0.25, -0.2) is 4.98 Å². The highest BCUT2D eigenvalue weighted by molar-refractivity contribution is 14.0. The van der Waals surface area contributed by atoms with Crippen LogP contribution in [0.25, 0.3) is 0 Å². The molecule has 0 aromatic carbocycles. The molecule has 2 heterocycles.